The number of nitrogens with zero attached hydrogens (tertiary/aromatic N) is 1. The molecule has 0 bridgehead atoms. The summed E-state index contributed by atoms with van der Waals surface area (Å²) in [4.78, 5) is 22.5. The monoisotopic (exact) mass is 322 g/mol. The highest BCUT2D eigenvalue weighted by Crippen LogP contribution is 2.28. The quantitative estimate of drug-likeness (QED) is 0.723. The standard InChI is InChI=1S/C17H27N3O3/c1-6-20(5,7-2)10-11-23-17-9-8-15(18-13(3)21)12-16(17)19-14(4)22/h8-9,12H,6-7,10-11H2,1-5H3,(H-,18,19,21,22)/p+1. The van der Waals surface area contributed by atoms with Crippen LogP contribution in [-0.4, -0.2) is 49.6 Å². The maximum absolute atomic E-state index is 11.4. The van der Waals surface area contributed by atoms with Gasteiger partial charge in [0.25, 0.3) is 0 Å². The van der Waals surface area contributed by atoms with E-state index in [-0.39, 0.29) is 11.8 Å². The van der Waals surface area contributed by atoms with Crippen molar-refractivity contribution in [2.75, 3.05) is 43.9 Å². The van der Waals surface area contributed by atoms with Gasteiger partial charge in [-0.25, -0.2) is 0 Å². The molecule has 2 N–H and O–H groups in total. The summed E-state index contributed by atoms with van der Waals surface area (Å²) in [5.41, 5.74) is 1.18. The third-order valence-corrected chi connectivity index (χ3v) is 4.03. The van der Waals surface area contributed by atoms with Gasteiger partial charge in [0.05, 0.1) is 25.8 Å². The second-order valence-electron chi connectivity index (χ2n) is 5.90. The van der Waals surface area contributed by atoms with Crippen molar-refractivity contribution in [3.63, 3.8) is 0 Å². The van der Waals surface area contributed by atoms with Crippen LogP contribution in [0.5, 0.6) is 5.75 Å². The summed E-state index contributed by atoms with van der Waals surface area (Å²) in [6, 6.07) is 5.22. The number of amides is 2. The van der Waals surface area contributed by atoms with Crippen LogP contribution in [0.3, 0.4) is 0 Å². The maximum atomic E-state index is 11.4. The average Bonchev–Trinajstić information content (AvgIpc) is 2.48. The molecule has 0 atom stereocenters. The molecule has 0 heterocycles. The van der Waals surface area contributed by atoms with Crippen molar-refractivity contribution >= 4 is 23.2 Å². The lowest BCUT2D eigenvalue weighted by molar-refractivity contribution is -0.906. The summed E-state index contributed by atoms with van der Waals surface area (Å²) in [6.45, 7) is 10.7. The number of anilines is 2. The van der Waals surface area contributed by atoms with Gasteiger partial charge < -0.3 is 19.9 Å². The molecule has 0 spiro atoms. The molecule has 0 radical (unpaired) electrons. The van der Waals surface area contributed by atoms with Crippen molar-refractivity contribution in [1.29, 1.82) is 0 Å². The van der Waals surface area contributed by atoms with Crippen molar-refractivity contribution in [3.05, 3.63) is 18.2 Å². The van der Waals surface area contributed by atoms with Gasteiger partial charge in [0.2, 0.25) is 11.8 Å². The number of hydrogen-bond donors (Lipinski definition) is 2. The number of carbonyl (C=O) groups excluding carboxylic acids is 2. The van der Waals surface area contributed by atoms with Crippen molar-refractivity contribution in [3.8, 4) is 5.75 Å². The molecule has 1 aromatic rings. The fourth-order valence-electron chi connectivity index (χ4n) is 2.14. The van der Waals surface area contributed by atoms with Gasteiger partial charge in [-0.05, 0) is 32.0 Å². The number of rotatable bonds is 8. The first-order chi connectivity index (χ1) is 10.8. The molecule has 6 nitrogen and oxygen atoms in total. The molecule has 1 aromatic carbocycles. The Morgan fingerprint density at radius 1 is 1.09 bits per heavy atom. The van der Waals surface area contributed by atoms with E-state index in [9.17, 15) is 9.59 Å². The topological polar surface area (TPSA) is 67.4 Å². The van der Waals surface area contributed by atoms with Crippen LogP contribution in [-0.2, 0) is 9.59 Å². The predicted octanol–water partition coefficient (Wildman–Crippen LogP) is 2.47. The van der Waals surface area contributed by atoms with Crippen LogP contribution in [0.2, 0.25) is 0 Å². The summed E-state index contributed by atoms with van der Waals surface area (Å²) in [7, 11) is 2.19. The van der Waals surface area contributed by atoms with E-state index >= 15 is 0 Å². The van der Waals surface area contributed by atoms with Gasteiger partial charge in [-0.2, -0.15) is 0 Å². The zero-order valence-electron chi connectivity index (χ0n) is 14.7. The van der Waals surface area contributed by atoms with Crippen molar-refractivity contribution < 1.29 is 18.8 Å². The van der Waals surface area contributed by atoms with Crippen molar-refractivity contribution in [1.82, 2.24) is 0 Å². The van der Waals surface area contributed by atoms with Crippen LogP contribution in [0.1, 0.15) is 27.7 Å². The Balaban J connectivity index is 2.83. The minimum atomic E-state index is -0.183. The third-order valence-electron chi connectivity index (χ3n) is 4.03. The Hall–Kier alpha value is -2.08. The lowest BCUT2D eigenvalue weighted by Gasteiger charge is -2.32. The highest BCUT2D eigenvalue weighted by molar-refractivity contribution is 5.93. The van der Waals surface area contributed by atoms with Gasteiger partial charge in [-0.15, -0.1) is 0 Å². The minimum Gasteiger partial charge on any atom is -0.486 e. The highest BCUT2D eigenvalue weighted by atomic mass is 16.5. The van der Waals surface area contributed by atoms with Crippen LogP contribution < -0.4 is 15.4 Å². The Morgan fingerprint density at radius 2 is 1.70 bits per heavy atom. The zero-order chi connectivity index (χ0) is 17.5. The fourth-order valence-corrected chi connectivity index (χ4v) is 2.14. The molecule has 1 rings (SSSR count). The molecule has 0 saturated carbocycles. The van der Waals surface area contributed by atoms with E-state index < -0.39 is 0 Å². The first-order valence-electron chi connectivity index (χ1n) is 7.95. The Morgan fingerprint density at radius 3 is 2.22 bits per heavy atom. The molecule has 0 aliphatic rings. The van der Waals surface area contributed by atoms with Crippen LogP contribution >= 0.6 is 0 Å². The maximum Gasteiger partial charge on any atom is 0.221 e. The number of likely N-dealkylation sites (N-methyl/N-ethyl adjacent to an activating group) is 1. The number of benzene rings is 1. The highest BCUT2D eigenvalue weighted by Gasteiger charge is 2.16. The second kappa shape index (κ2) is 8.53. The van der Waals surface area contributed by atoms with Crippen LogP contribution in [0, 0.1) is 0 Å². The fraction of sp³-hybridized carbons (Fsp3) is 0.529. The van der Waals surface area contributed by atoms with E-state index in [0.29, 0.717) is 23.7 Å². The molecule has 0 aliphatic heterocycles. The number of carbonyl (C=O) groups is 2. The van der Waals surface area contributed by atoms with Crippen LogP contribution in [0.4, 0.5) is 11.4 Å². The van der Waals surface area contributed by atoms with Crippen molar-refractivity contribution in [2.45, 2.75) is 27.7 Å². The minimum absolute atomic E-state index is 0.161. The van der Waals surface area contributed by atoms with Crippen LogP contribution in [0.25, 0.3) is 0 Å². The summed E-state index contributed by atoms with van der Waals surface area (Å²) in [6.07, 6.45) is 0. The van der Waals surface area contributed by atoms with Crippen LogP contribution in [0.15, 0.2) is 18.2 Å². The molecule has 128 valence electrons. The Bertz CT molecular complexity index is 554. The van der Waals surface area contributed by atoms with Gasteiger partial charge in [-0.3, -0.25) is 9.59 Å². The van der Waals surface area contributed by atoms with Gasteiger partial charge in [-0.1, -0.05) is 0 Å². The average molecular weight is 322 g/mol. The first kappa shape index (κ1) is 19.0. The van der Waals surface area contributed by atoms with E-state index in [1.54, 1.807) is 18.2 Å². The van der Waals surface area contributed by atoms with Gasteiger partial charge in [0.15, 0.2) is 0 Å². The molecule has 0 saturated heterocycles. The Labute approximate surface area is 138 Å². The molecule has 0 unspecified atom stereocenters. The summed E-state index contributed by atoms with van der Waals surface area (Å²) in [5.74, 6) is 0.261. The van der Waals surface area contributed by atoms with E-state index in [1.807, 2.05) is 0 Å². The summed E-state index contributed by atoms with van der Waals surface area (Å²) < 4.78 is 6.78. The first-order valence-corrected chi connectivity index (χ1v) is 7.95. The SMILES string of the molecule is CC[N+](C)(CC)CCOc1ccc(NC(C)=O)cc1NC(C)=O. The molecule has 0 aliphatic carbocycles. The van der Waals surface area contributed by atoms with Gasteiger partial charge in [0, 0.05) is 19.5 Å². The Kier molecular flexibility index (Phi) is 7.03. The number of nitrogens with one attached hydrogen (secondary N) is 2. The number of hydrogen-bond acceptors (Lipinski definition) is 3. The zero-order valence-corrected chi connectivity index (χ0v) is 14.7. The molecular weight excluding hydrogens is 294 g/mol. The second-order valence-corrected chi connectivity index (χ2v) is 5.90. The molecule has 6 heteroatoms. The van der Waals surface area contributed by atoms with E-state index in [1.165, 1.54) is 13.8 Å². The normalized spacial score (nSPS) is 11.0. The smallest absolute Gasteiger partial charge is 0.221 e. The lowest BCUT2D eigenvalue weighted by Crippen LogP contribution is -2.46. The summed E-state index contributed by atoms with van der Waals surface area (Å²) in [5, 5.41) is 5.44. The van der Waals surface area contributed by atoms with Gasteiger partial charge in [0.1, 0.15) is 18.9 Å². The lowest BCUT2D eigenvalue weighted by atomic mass is 10.2. The summed E-state index contributed by atoms with van der Waals surface area (Å²) >= 11 is 0. The molecular formula is C17H28N3O3+. The third kappa shape index (κ3) is 6.28. The van der Waals surface area contributed by atoms with E-state index in [0.717, 1.165) is 24.1 Å². The molecule has 2 amide bonds. The molecule has 0 aromatic heterocycles. The van der Waals surface area contributed by atoms with E-state index in [2.05, 4.69) is 31.5 Å². The molecule has 23 heavy (non-hydrogen) atoms. The predicted molar refractivity (Wildman–Crippen MR) is 92.7 cm³/mol. The van der Waals surface area contributed by atoms with Crippen molar-refractivity contribution in [2.24, 2.45) is 0 Å². The number of quaternary nitrogens is 1. The van der Waals surface area contributed by atoms with Gasteiger partial charge >= 0.3 is 0 Å². The van der Waals surface area contributed by atoms with E-state index in [4.69, 9.17) is 4.74 Å². The largest absolute Gasteiger partial charge is 0.486 e. The molecule has 0 fully saturated rings. The number of ether oxygens (including phenoxy) is 1.